The van der Waals surface area contributed by atoms with Crippen LogP contribution in [0.2, 0.25) is 0 Å². The quantitative estimate of drug-likeness (QED) is 0.927. The SMILES string of the molecule is N#Cc1ccccc1NC(=O)c1cncc(Br)c1. The summed E-state index contributed by atoms with van der Waals surface area (Å²) in [5.41, 5.74) is 1.34. The van der Waals surface area contributed by atoms with Gasteiger partial charge in [0.05, 0.1) is 16.8 Å². The summed E-state index contributed by atoms with van der Waals surface area (Å²) in [5, 5.41) is 11.6. The Balaban J connectivity index is 2.25. The number of nitrogens with one attached hydrogen (secondary N) is 1. The molecule has 0 unspecified atom stereocenters. The molecule has 18 heavy (non-hydrogen) atoms. The molecular weight excluding hydrogens is 294 g/mol. The fourth-order valence-electron chi connectivity index (χ4n) is 1.42. The van der Waals surface area contributed by atoms with Crippen molar-refractivity contribution in [3.05, 3.63) is 58.3 Å². The summed E-state index contributed by atoms with van der Waals surface area (Å²) in [6.45, 7) is 0. The van der Waals surface area contributed by atoms with Crippen molar-refractivity contribution in [2.45, 2.75) is 0 Å². The molecule has 0 atom stereocenters. The number of carbonyl (C=O) groups excluding carboxylic acids is 1. The van der Waals surface area contributed by atoms with E-state index in [0.29, 0.717) is 16.8 Å². The number of halogens is 1. The first kappa shape index (κ1) is 12.3. The van der Waals surface area contributed by atoms with Crippen LogP contribution in [0, 0.1) is 11.3 Å². The first-order valence-electron chi connectivity index (χ1n) is 5.12. The Kier molecular flexibility index (Phi) is 3.70. The molecule has 0 aliphatic rings. The van der Waals surface area contributed by atoms with Crippen molar-refractivity contribution >= 4 is 27.5 Å². The number of anilines is 1. The van der Waals surface area contributed by atoms with Gasteiger partial charge in [0.1, 0.15) is 6.07 Å². The Morgan fingerprint density at radius 1 is 1.33 bits per heavy atom. The van der Waals surface area contributed by atoms with E-state index in [-0.39, 0.29) is 5.91 Å². The number of hydrogen-bond donors (Lipinski definition) is 1. The summed E-state index contributed by atoms with van der Waals surface area (Å²) in [5.74, 6) is -0.300. The Bertz CT molecular complexity index is 634. The molecular formula is C13H8BrN3O. The van der Waals surface area contributed by atoms with Gasteiger partial charge in [0.15, 0.2) is 0 Å². The summed E-state index contributed by atoms with van der Waals surface area (Å²) >= 11 is 3.25. The molecule has 0 spiro atoms. The number of aromatic nitrogens is 1. The monoisotopic (exact) mass is 301 g/mol. The van der Waals surface area contributed by atoms with E-state index in [1.54, 1.807) is 36.5 Å². The molecule has 1 N–H and O–H groups in total. The number of amides is 1. The van der Waals surface area contributed by atoms with E-state index in [2.05, 4.69) is 26.2 Å². The van der Waals surface area contributed by atoms with Crippen LogP contribution in [0.3, 0.4) is 0 Å². The van der Waals surface area contributed by atoms with Gasteiger partial charge in [-0.25, -0.2) is 0 Å². The largest absolute Gasteiger partial charge is 0.321 e. The molecule has 0 aliphatic heterocycles. The zero-order valence-electron chi connectivity index (χ0n) is 9.22. The molecule has 0 fully saturated rings. The topological polar surface area (TPSA) is 65.8 Å². The van der Waals surface area contributed by atoms with Gasteiger partial charge in [-0.1, -0.05) is 12.1 Å². The Morgan fingerprint density at radius 2 is 2.11 bits per heavy atom. The summed E-state index contributed by atoms with van der Waals surface area (Å²) in [7, 11) is 0. The molecule has 1 aromatic heterocycles. The van der Waals surface area contributed by atoms with Crippen molar-refractivity contribution < 1.29 is 4.79 Å². The van der Waals surface area contributed by atoms with Gasteiger partial charge in [0.2, 0.25) is 0 Å². The van der Waals surface area contributed by atoms with Gasteiger partial charge in [-0.15, -0.1) is 0 Å². The predicted octanol–water partition coefficient (Wildman–Crippen LogP) is 2.97. The average Bonchev–Trinajstić information content (AvgIpc) is 2.39. The molecule has 0 saturated heterocycles. The van der Waals surface area contributed by atoms with Gasteiger partial charge >= 0.3 is 0 Å². The smallest absolute Gasteiger partial charge is 0.257 e. The second-order valence-corrected chi connectivity index (χ2v) is 4.42. The van der Waals surface area contributed by atoms with E-state index in [0.717, 1.165) is 4.47 Å². The van der Waals surface area contributed by atoms with Crippen LogP contribution >= 0.6 is 15.9 Å². The molecule has 4 nitrogen and oxygen atoms in total. The molecule has 0 bridgehead atoms. The van der Waals surface area contributed by atoms with Gasteiger partial charge < -0.3 is 5.32 Å². The third kappa shape index (κ3) is 2.73. The molecule has 1 aromatic carbocycles. The number of para-hydroxylation sites is 1. The number of nitrogens with zero attached hydrogens (tertiary/aromatic N) is 2. The lowest BCUT2D eigenvalue weighted by atomic mass is 10.2. The van der Waals surface area contributed by atoms with E-state index in [4.69, 9.17) is 5.26 Å². The van der Waals surface area contributed by atoms with E-state index in [9.17, 15) is 4.79 Å². The van der Waals surface area contributed by atoms with E-state index < -0.39 is 0 Å². The van der Waals surface area contributed by atoms with E-state index >= 15 is 0 Å². The molecule has 0 aliphatic carbocycles. The number of hydrogen-bond acceptors (Lipinski definition) is 3. The van der Waals surface area contributed by atoms with E-state index in [1.165, 1.54) is 6.20 Å². The highest BCUT2D eigenvalue weighted by molar-refractivity contribution is 9.10. The normalized spacial score (nSPS) is 9.56. The molecule has 2 aromatic rings. The summed E-state index contributed by atoms with van der Waals surface area (Å²) in [6.07, 6.45) is 3.06. The van der Waals surface area contributed by atoms with Crippen LogP contribution in [0.5, 0.6) is 0 Å². The molecule has 2 rings (SSSR count). The highest BCUT2D eigenvalue weighted by Gasteiger charge is 2.09. The summed E-state index contributed by atoms with van der Waals surface area (Å²) < 4.78 is 0.726. The third-order valence-corrected chi connectivity index (χ3v) is 2.70. The number of carbonyl (C=O) groups is 1. The van der Waals surface area contributed by atoms with Crippen LogP contribution in [0.15, 0.2) is 47.2 Å². The predicted molar refractivity (Wildman–Crippen MR) is 71.0 cm³/mol. The first-order chi connectivity index (χ1) is 8.70. The molecule has 88 valence electrons. The molecule has 5 heteroatoms. The van der Waals surface area contributed by atoms with E-state index in [1.807, 2.05) is 6.07 Å². The molecule has 0 saturated carbocycles. The summed E-state index contributed by atoms with van der Waals surface area (Å²) in [4.78, 5) is 15.9. The molecule has 1 amide bonds. The number of pyridine rings is 1. The zero-order valence-corrected chi connectivity index (χ0v) is 10.8. The summed E-state index contributed by atoms with van der Waals surface area (Å²) in [6, 6.07) is 10.5. The van der Waals surface area contributed by atoms with Crippen LogP contribution in [0.25, 0.3) is 0 Å². The lowest BCUT2D eigenvalue weighted by molar-refractivity contribution is 0.102. The standard InChI is InChI=1S/C13H8BrN3O/c14-11-5-10(7-16-8-11)13(18)17-12-4-2-1-3-9(12)6-15/h1-5,7-8H,(H,17,18). The number of nitriles is 1. The fraction of sp³-hybridized carbons (Fsp3) is 0. The number of benzene rings is 1. The van der Waals surface area contributed by atoms with Crippen molar-refractivity contribution in [2.75, 3.05) is 5.32 Å². The molecule has 1 heterocycles. The lowest BCUT2D eigenvalue weighted by Gasteiger charge is -2.06. The van der Waals surface area contributed by atoms with Crippen LogP contribution in [0.1, 0.15) is 15.9 Å². The van der Waals surface area contributed by atoms with Gasteiger partial charge in [0.25, 0.3) is 5.91 Å². The van der Waals surface area contributed by atoms with Gasteiger partial charge in [0, 0.05) is 16.9 Å². The minimum atomic E-state index is -0.300. The molecule has 0 radical (unpaired) electrons. The van der Waals surface area contributed by atoms with Crippen LogP contribution < -0.4 is 5.32 Å². The average molecular weight is 302 g/mol. The van der Waals surface area contributed by atoms with Crippen molar-refractivity contribution in [3.8, 4) is 6.07 Å². The van der Waals surface area contributed by atoms with Gasteiger partial charge in [-0.05, 0) is 34.1 Å². The Labute approximate surface area is 112 Å². The maximum atomic E-state index is 12.0. The van der Waals surface area contributed by atoms with Crippen LogP contribution in [0.4, 0.5) is 5.69 Å². The zero-order chi connectivity index (χ0) is 13.0. The first-order valence-corrected chi connectivity index (χ1v) is 5.91. The van der Waals surface area contributed by atoms with Gasteiger partial charge in [-0.2, -0.15) is 5.26 Å². The maximum absolute atomic E-state index is 12.0. The van der Waals surface area contributed by atoms with Crippen LogP contribution in [-0.4, -0.2) is 10.9 Å². The third-order valence-electron chi connectivity index (χ3n) is 2.26. The van der Waals surface area contributed by atoms with Crippen molar-refractivity contribution in [1.29, 1.82) is 5.26 Å². The Morgan fingerprint density at radius 3 is 2.83 bits per heavy atom. The van der Waals surface area contributed by atoms with Crippen LogP contribution in [-0.2, 0) is 0 Å². The highest BCUT2D eigenvalue weighted by Crippen LogP contribution is 2.16. The van der Waals surface area contributed by atoms with Crippen molar-refractivity contribution in [1.82, 2.24) is 4.98 Å². The number of rotatable bonds is 2. The minimum Gasteiger partial charge on any atom is -0.321 e. The van der Waals surface area contributed by atoms with Gasteiger partial charge in [-0.3, -0.25) is 9.78 Å². The maximum Gasteiger partial charge on any atom is 0.257 e. The fourth-order valence-corrected chi connectivity index (χ4v) is 1.78. The highest BCUT2D eigenvalue weighted by atomic mass is 79.9. The second kappa shape index (κ2) is 5.43. The second-order valence-electron chi connectivity index (χ2n) is 3.50. The lowest BCUT2D eigenvalue weighted by Crippen LogP contribution is -2.13. The Hall–Kier alpha value is -2.19. The van der Waals surface area contributed by atoms with Crippen molar-refractivity contribution in [2.24, 2.45) is 0 Å². The van der Waals surface area contributed by atoms with Crippen molar-refractivity contribution in [3.63, 3.8) is 0 Å². The minimum absolute atomic E-state index is 0.300.